The Morgan fingerprint density at radius 3 is 2.93 bits per heavy atom. The number of carbonyl (C=O) groups is 1. The number of anilines is 1. The molecule has 0 aliphatic rings. The van der Waals surface area contributed by atoms with Crippen molar-refractivity contribution in [1.82, 2.24) is 4.90 Å². The second kappa shape index (κ2) is 4.72. The highest BCUT2D eigenvalue weighted by molar-refractivity contribution is 6.34. The Hall–Kier alpha value is -1.66. The Morgan fingerprint density at radius 1 is 1.67 bits per heavy atom. The van der Waals surface area contributed by atoms with E-state index in [0.29, 0.717) is 16.3 Å². The van der Waals surface area contributed by atoms with Crippen LogP contribution in [0.4, 0.5) is 5.69 Å². The van der Waals surface area contributed by atoms with Crippen molar-refractivity contribution < 1.29 is 4.79 Å². The van der Waals surface area contributed by atoms with Gasteiger partial charge in [-0.3, -0.25) is 4.79 Å². The molecule has 0 fully saturated rings. The zero-order valence-corrected chi connectivity index (χ0v) is 9.08. The third kappa shape index (κ3) is 2.64. The summed E-state index contributed by atoms with van der Waals surface area (Å²) in [6.45, 7) is 0.240. The molecular weight excluding hydrogens is 212 g/mol. The van der Waals surface area contributed by atoms with E-state index >= 15 is 0 Å². The van der Waals surface area contributed by atoms with E-state index in [-0.39, 0.29) is 12.5 Å². The minimum absolute atomic E-state index is 0.231. The molecule has 0 aliphatic carbocycles. The first kappa shape index (κ1) is 11.4. The van der Waals surface area contributed by atoms with E-state index in [2.05, 4.69) is 5.92 Å². The molecule has 15 heavy (non-hydrogen) atoms. The first-order chi connectivity index (χ1) is 7.06. The molecule has 0 aliphatic heterocycles. The van der Waals surface area contributed by atoms with Gasteiger partial charge in [0.2, 0.25) is 0 Å². The van der Waals surface area contributed by atoms with E-state index in [4.69, 9.17) is 23.8 Å². The summed E-state index contributed by atoms with van der Waals surface area (Å²) in [5, 5.41) is 0.373. The van der Waals surface area contributed by atoms with Crippen molar-refractivity contribution in [2.45, 2.75) is 0 Å². The van der Waals surface area contributed by atoms with Crippen LogP contribution >= 0.6 is 11.6 Å². The second-order valence-electron chi connectivity index (χ2n) is 3.10. The third-order valence-corrected chi connectivity index (χ3v) is 2.23. The normalized spacial score (nSPS) is 9.40. The predicted molar refractivity (Wildman–Crippen MR) is 61.7 cm³/mol. The predicted octanol–water partition coefficient (Wildman–Crippen LogP) is 1.63. The van der Waals surface area contributed by atoms with Crippen LogP contribution in [0.1, 0.15) is 10.4 Å². The van der Waals surface area contributed by atoms with Gasteiger partial charge in [-0.25, -0.2) is 0 Å². The number of benzene rings is 1. The molecule has 0 aromatic heterocycles. The van der Waals surface area contributed by atoms with E-state index in [1.807, 2.05) is 0 Å². The molecule has 0 bridgehead atoms. The molecule has 0 unspecified atom stereocenters. The van der Waals surface area contributed by atoms with Crippen LogP contribution in [0.2, 0.25) is 5.02 Å². The Labute approximate surface area is 93.8 Å². The number of rotatable bonds is 2. The van der Waals surface area contributed by atoms with Crippen molar-refractivity contribution >= 4 is 23.2 Å². The Kier molecular flexibility index (Phi) is 3.59. The highest BCUT2D eigenvalue weighted by Crippen LogP contribution is 2.20. The summed E-state index contributed by atoms with van der Waals surface area (Å²) >= 11 is 5.88. The number of hydrogen-bond acceptors (Lipinski definition) is 2. The molecule has 0 heterocycles. The molecule has 2 N–H and O–H groups in total. The molecule has 1 aromatic carbocycles. The van der Waals surface area contributed by atoms with Crippen molar-refractivity contribution in [1.29, 1.82) is 0 Å². The molecule has 0 radical (unpaired) electrons. The lowest BCUT2D eigenvalue weighted by Crippen LogP contribution is -2.27. The number of halogens is 1. The molecule has 0 saturated heterocycles. The van der Waals surface area contributed by atoms with Crippen LogP contribution in [-0.4, -0.2) is 24.4 Å². The van der Waals surface area contributed by atoms with Crippen LogP contribution in [0.25, 0.3) is 0 Å². The maximum absolute atomic E-state index is 11.8. The number of nitrogens with zero attached hydrogens (tertiary/aromatic N) is 1. The van der Waals surface area contributed by atoms with Gasteiger partial charge in [-0.15, -0.1) is 6.42 Å². The number of carbonyl (C=O) groups excluding carboxylic acids is 1. The highest BCUT2D eigenvalue weighted by atomic mass is 35.5. The molecule has 4 heteroatoms. The number of terminal acetylenes is 1. The zero-order valence-electron chi connectivity index (χ0n) is 8.33. The number of nitrogens with two attached hydrogens (primary N) is 1. The molecule has 0 saturated carbocycles. The fraction of sp³-hybridized carbons (Fsp3) is 0.182. The summed E-state index contributed by atoms with van der Waals surface area (Å²) in [7, 11) is 1.61. The van der Waals surface area contributed by atoms with Gasteiger partial charge < -0.3 is 10.6 Å². The van der Waals surface area contributed by atoms with Gasteiger partial charge in [-0.2, -0.15) is 0 Å². The van der Waals surface area contributed by atoms with Crippen molar-refractivity contribution in [2.24, 2.45) is 0 Å². The minimum Gasteiger partial charge on any atom is -0.399 e. The van der Waals surface area contributed by atoms with E-state index < -0.39 is 0 Å². The summed E-state index contributed by atoms with van der Waals surface area (Å²) in [5.41, 5.74) is 6.44. The van der Waals surface area contributed by atoms with Gasteiger partial charge in [-0.1, -0.05) is 17.5 Å². The lowest BCUT2D eigenvalue weighted by atomic mass is 10.2. The first-order valence-electron chi connectivity index (χ1n) is 4.30. The Morgan fingerprint density at radius 2 is 2.33 bits per heavy atom. The molecule has 0 atom stereocenters. The van der Waals surface area contributed by atoms with Gasteiger partial charge in [0.25, 0.3) is 5.91 Å². The Bertz CT molecular complexity index is 423. The summed E-state index contributed by atoms with van der Waals surface area (Å²) in [4.78, 5) is 13.2. The maximum Gasteiger partial charge on any atom is 0.255 e. The van der Waals surface area contributed by atoms with E-state index in [1.54, 1.807) is 19.2 Å². The monoisotopic (exact) mass is 222 g/mol. The lowest BCUT2D eigenvalue weighted by molar-refractivity contribution is 0.0813. The molecule has 1 aromatic rings. The van der Waals surface area contributed by atoms with Gasteiger partial charge in [-0.05, 0) is 18.2 Å². The summed E-state index contributed by atoms with van der Waals surface area (Å²) in [6.07, 6.45) is 5.11. The van der Waals surface area contributed by atoms with Crippen molar-refractivity contribution in [3.05, 3.63) is 28.8 Å². The summed E-state index contributed by atoms with van der Waals surface area (Å²) in [5.74, 6) is 2.15. The third-order valence-electron chi connectivity index (χ3n) is 1.90. The Balaban J connectivity index is 3.01. The van der Waals surface area contributed by atoms with Crippen LogP contribution in [0.3, 0.4) is 0 Å². The fourth-order valence-corrected chi connectivity index (χ4v) is 1.32. The quantitative estimate of drug-likeness (QED) is 0.611. The smallest absolute Gasteiger partial charge is 0.255 e. The van der Waals surface area contributed by atoms with E-state index in [9.17, 15) is 4.79 Å². The zero-order chi connectivity index (χ0) is 11.4. The van der Waals surface area contributed by atoms with Crippen LogP contribution in [0, 0.1) is 12.3 Å². The number of amides is 1. The molecule has 1 amide bonds. The molecule has 78 valence electrons. The number of hydrogen-bond donors (Lipinski definition) is 1. The van der Waals surface area contributed by atoms with Crippen molar-refractivity contribution in [3.8, 4) is 12.3 Å². The second-order valence-corrected chi connectivity index (χ2v) is 3.51. The minimum atomic E-state index is -0.231. The van der Waals surface area contributed by atoms with Gasteiger partial charge in [0.15, 0.2) is 0 Å². The average molecular weight is 223 g/mol. The van der Waals surface area contributed by atoms with Crippen LogP contribution in [-0.2, 0) is 0 Å². The topological polar surface area (TPSA) is 46.3 Å². The lowest BCUT2D eigenvalue weighted by Gasteiger charge is -2.14. The highest BCUT2D eigenvalue weighted by Gasteiger charge is 2.14. The summed E-state index contributed by atoms with van der Waals surface area (Å²) < 4.78 is 0. The molecule has 0 spiro atoms. The van der Waals surface area contributed by atoms with Gasteiger partial charge in [0.05, 0.1) is 17.1 Å². The standard InChI is InChI=1S/C11H11ClN2O/c1-3-6-14(2)11(15)9-7-8(13)4-5-10(9)12/h1,4-5,7H,6,13H2,2H3. The van der Waals surface area contributed by atoms with Crippen molar-refractivity contribution in [2.75, 3.05) is 19.3 Å². The van der Waals surface area contributed by atoms with E-state index in [0.717, 1.165) is 0 Å². The molecular formula is C11H11ClN2O. The van der Waals surface area contributed by atoms with Crippen LogP contribution in [0.15, 0.2) is 18.2 Å². The first-order valence-corrected chi connectivity index (χ1v) is 4.68. The van der Waals surface area contributed by atoms with E-state index in [1.165, 1.54) is 11.0 Å². The van der Waals surface area contributed by atoms with Crippen LogP contribution < -0.4 is 5.73 Å². The average Bonchev–Trinajstić information content (AvgIpc) is 2.21. The largest absolute Gasteiger partial charge is 0.399 e. The van der Waals surface area contributed by atoms with Gasteiger partial charge in [0, 0.05) is 12.7 Å². The molecule has 3 nitrogen and oxygen atoms in total. The SMILES string of the molecule is C#CCN(C)C(=O)c1cc(N)ccc1Cl. The van der Waals surface area contributed by atoms with Crippen molar-refractivity contribution in [3.63, 3.8) is 0 Å². The van der Waals surface area contributed by atoms with Gasteiger partial charge >= 0.3 is 0 Å². The van der Waals surface area contributed by atoms with Gasteiger partial charge in [0.1, 0.15) is 0 Å². The molecule has 1 rings (SSSR count). The summed E-state index contributed by atoms with van der Waals surface area (Å²) in [6, 6.07) is 4.77. The van der Waals surface area contributed by atoms with Crippen LogP contribution in [0.5, 0.6) is 0 Å². The fourth-order valence-electron chi connectivity index (χ4n) is 1.12. The number of nitrogen functional groups attached to an aromatic ring is 1. The maximum atomic E-state index is 11.8.